The second-order valence-electron chi connectivity index (χ2n) is 5.05. The van der Waals surface area contributed by atoms with Crippen molar-refractivity contribution in [2.45, 2.75) is 12.8 Å². The molecule has 3 aromatic rings. The molecule has 1 amide bonds. The molecule has 0 bridgehead atoms. The summed E-state index contributed by atoms with van der Waals surface area (Å²) in [6.07, 6.45) is 1.78. The molecule has 0 saturated carbocycles. The van der Waals surface area contributed by atoms with E-state index in [0.29, 0.717) is 22.8 Å². The highest BCUT2D eigenvalue weighted by Gasteiger charge is 2.10. The molecule has 2 heterocycles. The lowest BCUT2D eigenvalue weighted by molar-refractivity contribution is -0.141. The first-order valence-electron chi connectivity index (χ1n) is 7.34. The third kappa shape index (κ3) is 3.57. The molecule has 2 aromatic heterocycles. The van der Waals surface area contributed by atoms with Crippen LogP contribution in [0.25, 0.3) is 22.7 Å². The number of benzene rings is 1. The van der Waals surface area contributed by atoms with Crippen molar-refractivity contribution in [2.75, 3.05) is 12.4 Å². The van der Waals surface area contributed by atoms with Crippen molar-refractivity contribution >= 4 is 28.8 Å². The van der Waals surface area contributed by atoms with Crippen LogP contribution in [0, 0.1) is 0 Å². The lowest BCUT2D eigenvalue weighted by Crippen LogP contribution is -2.13. The van der Waals surface area contributed by atoms with Crippen LogP contribution in [0.3, 0.4) is 0 Å². The molecule has 3 rings (SSSR count). The number of aromatic nitrogens is 2. The van der Waals surface area contributed by atoms with Crippen molar-refractivity contribution in [1.29, 1.82) is 0 Å². The van der Waals surface area contributed by atoms with Gasteiger partial charge in [0.25, 0.3) is 0 Å². The molecule has 0 radical (unpaired) electrons. The fourth-order valence-electron chi connectivity index (χ4n) is 2.13. The number of ether oxygens (including phenoxy) is 1. The zero-order valence-electron chi connectivity index (χ0n) is 13.0. The predicted octanol–water partition coefficient (Wildman–Crippen LogP) is 2.78. The number of nitrogens with one attached hydrogen (secondary N) is 1. The minimum Gasteiger partial charge on any atom is -0.469 e. The minimum atomic E-state index is -0.412. The van der Waals surface area contributed by atoms with Gasteiger partial charge in [0.05, 0.1) is 13.5 Å². The molecule has 0 fully saturated rings. The van der Waals surface area contributed by atoms with Gasteiger partial charge in [0, 0.05) is 23.9 Å². The van der Waals surface area contributed by atoms with Gasteiger partial charge in [-0.15, -0.1) is 0 Å². The van der Waals surface area contributed by atoms with Gasteiger partial charge in [-0.05, 0) is 36.4 Å². The number of rotatable bonds is 5. The summed E-state index contributed by atoms with van der Waals surface area (Å²) >= 11 is 0. The number of amides is 1. The van der Waals surface area contributed by atoms with Gasteiger partial charge in [-0.3, -0.25) is 9.59 Å². The maximum Gasteiger partial charge on any atom is 0.306 e. The average molecular weight is 325 g/mol. The van der Waals surface area contributed by atoms with Gasteiger partial charge in [-0.1, -0.05) is 0 Å². The van der Waals surface area contributed by atoms with Crippen molar-refractivity contribution < 1.29 is 18.7 Å². The summed E-state index contributed by atoms with van der Waals surface area (Å²) in [6.45, 7) is 0. The number of hydrogen-bond donors (Lipinski definition) is 1. The molecule has 0 atom stereocenters. The van der Waals surface area contributed by atoms with Crippen LogP contribution in [0.5, 0.6) is 0 Å². The van der Waals surface area contributed by atoms with E-state index in [2.05, 4.69) is 20.0 Å². The molecule has 1 aromatic carbocycles. The van der Waals surface area contributed by atoms with Crippen molar-refractivity contribution in [2.24, 2.45) is 0 Å². The maximum atomic E-state index is 11.7. The zero-order valence-corrected chi connectivity index (χ0v) is 13.0. The van der Waals surface area contributed by atoms with Crippen LogP contribution >= 0.6 is 0 Å². The van der Waals surface area contributed by atoms with E-state index in [1.807, 2.05) is 0 Å². The number of nitrogens with zero attached hydrogens (tertiary/aromatic N) is 2. The van der Waals surface area contributed by atoms with Crippen LogP contribution in [0.4, 0.5) is 5.69 Å². The molecule has 0 aliphatic heterocycles. The number of esters is 1. The first-order valence-corrected chi connectivity index (χ1v) is 7.34. The lowest BCUT2D eigenvalue weighted by atomic mass is 10.2. The zero-order chi connectivity index (χ0) is 16.9. The van der Waals surface area contributed by atoms with E-state index in [0.717, 1.165) is 5.56 Å². The van der Waals surface area contributed by atoms with Crippen molar-refractivity contribution in [3.63, 3.8) is 0 Å². The van der Waals surface area contributed by atoms with Crippen LogP contribution < -0.4 is 5.32 Å². The number of anilines is 1. The van der Waals surface area contributed by atoms with Gasteiger partial charge in [-0.2, -0.15) is 4.98 Å². The molecule has 7 nitrogen and oxygen atoms in total. The Morgan fingerprint density at radius 3 is 2.67 bits per heavy atom. The molecular weight excluding hydrogens is 310 g/mol. The molecule has 0 spiro atoms. The summed E-state index contributed by atoms with van der Waals surface area (Å²) in [6, 6.07) is 10.7. The Morgan fingerprint density at radius 2 is 1.96 bits per heavy atom. The summed E-state index contributed by atoms with van der Waals surface area (Å²) in [5.41, 5.74) is 2.57. The Balaban J connectivity index is 1.67. The molecule has 0 unspecified atom stereocenters. The van der Waals surface area contributed by atoms with E-state index in [1.165, 1.54) is 7.11 Å². The number of carbonyl (C=O) groups is 2. The van der Waals surface area contributed by atoms with E-state index < -0.39 is 5.97 Å². The second kappa shape index (κ2) is 6.91. The number of fused-ring (bicyclic) bond motifs is 1. The highest BCUT2D eigenvalue weighted by Crippen LogP contribution is 2.24. The third-order valence-corrected chi connectivity index (χ3v) is 3.36. The molecule has 0 saturated heterocycles. The monoisotopic (exact) mass is 325 g/mol. The fourth-order valence-corrected chi connectivity index (χ4v) is 2.13. The van der Waals surface area contributed by atoms with Gasteiger partial charge < -0.3 is 14.5 Å². The van der Waals surface area contributed by atoms with E-state index in [-0.39, 0.29) is 18.7 Å². The predicted molar refractivity (Wildman–Crippen MR) is 87.1 cm³/mol. The number of oxazole rings is 1. The molecule has 0 aliphatic rings. The van der Waals surface area contributed by atoms with Crippen LogP contribution in [0.1, 0.15) is 12.8 Å². The Bertz CT molecular complexity index is 838. The lowest BCUT2D eigenvalue weighted by Gasteiger charge is -2.05. The van der Waals surface area contributed by atoms with Crippen LogP contribution in [0.2, 0.25) is 0 Å². The van der Waals surface area contributed by atoms with Crippen LogP contribution in [-0.2, 0) is 14.3 Å². The van der Waals surface area contributed by atoms with E-state index >= 15 is 0 Å². The van der Waals surface area contributed by atoms with Gasteiger partial charge in [0.2, 0.25) is 11.8 Å². The number of methoxy groups -OCH3 is 1. The van der Waals surface area contributed by atoms with Crippen LogP contribution in [-0.4, -0.2) is 29.0 Å². The summed E-state index contributed by atoms with van der Waals surface area (Å²) in [4.78, 5) is 31.2. The number of carbonyl (C=O) groups excluding carboxylic acids is 2. The second-order valence-corrected chi connectivity index (χ2v) is 5.05. The molecule has 122 valence electrons. The number of pyridine rings is 1. The summed E-state index contributed by atoms with van der Waals surface area (Å²) in [5, 5.41) is 2.72. The molecular formula is C17H15N3O4. The Hall–Kier alpha value is -3.22. The first-order chi connectivity index (χ1) is 11.7. The Labute approximate surface area is 137 Å². The van der Waals surface area contributed by atoms with Crippen molar-refractivity contribution in [1.82, 2.24) is 9.97 Å². The average Bonchev–Trinajstić information content (AvgIpc) is 3.04. The number of hydrogen-bond acceptors (Lipinski definition) is 6. The largest absolute Gasteiger partial charge is 0.469 e. The summed E-state index contributed by atoms with van der Waals surface area (Å²) in [7, 11) is 1.29. The molecule has 0 aliphatic carbocycles. The minimum absolute atomic E-state index is 0.0519. The topological polar surface area (TPSA) is 94.3 Å². The van der Waals surface area contributed by atoms with E-state index in [4.69, 9.17) is 4.42 Å². The Kier molecular flexibility index (Phi) is 4.51. The SMILES string of the molecule is COC(=O)CCC(=O)Nc1ccc(-c2nc3ncccc3o2)cc1. The van der Waals surface area contributed by atoms with Crippen molar-refractivity contribution in [3.05, 3.63) is 42.6 Å². The fraction of sp³-hybridized carbons (Fsp3) is 0.176. The van der Waals surface area contributed by atoms with E-state index in [9.17, 15) is 9.59 Å². The molecule has 1 N–H and O–H groups in total. The molecule has 7 heteroatoms. The maximum absolute atomic E-state index is 11.7. The van der Waals surface area contributed by atoms with E-state index in [1.54, 1.807) is 42.6 Å². The highest BCUT2D eigenvalue weighted by atomic mass is 16.5. The van der Waals surface area contributed by atoms with Gasteiger partial charge >= 0.3 is 5.97 Å². The van der Waals surface area contributed by atoms with Crippen LogP contribution in [0.15, 0.2) is 47.0 Å². The third-order valence-electron chi connectivity index (χ3n) is 3.36. The van der Waals surface area contributed by atoms with Gasteiger partial charge in [0.15, 0.2) is 11.2 Å². The molecule has 24 heavy (non-hydrogen) atoms. The van der Waals surface area contributed by atoms with Crippen molar-refractivity contribution in [3.8, 4) is 11.5 Å². The quantitative estimate of drug-likeness (QED) is 0.725. The first kappa shape index (κ1) is 15.7. The standard InChI is InChI=1S/C17H15N3O4/c1-23-15(22)9-8-14(21)19-12-6-4-11(5-7-12)17-20-16-13(24-17)3-2-10-18-16/h2-7,10H,8-9H2,1H3,(H,19,21). The Morgan fingerprint density at radius 1 is 1.17 bits per heavy atom. The highest BCUT2D eigenvalue weighted by molar-refractivity contribution is 5.92. The summed E-state index contributed by atoms with van der Waals surface area (Å²) < 4.78 is 10.1. The normalized spacial score (nSPS) is 10.5. The smallest absolute Gasteiger partial charge is 0.306 e. The summed E-state index contributed by atoms with van der Waals surface area (Å²) in [5.74, 6) is -0.198. The van der Waals surface area contributed by atoms with Gasteiger partial charge in [0.1, 0.15) is 0 Å². The van der Waals surface area contributed by atoms with Gasteiger partial charge in [-0.25, -0.2) is 4.98 Å².